The van der Waals surface area contributed by atoms with Crippen molar-refractivity contribution in [2.24, 2.45) is 0 Å². The molecule has 4 heteroatoms. The third kappa shape index (κ3) is 9.09. The lowest BCUT2D eigenvalue weighted by Gasteiger charge is -2.26. The molecule has 0 spiro atoms. The maximum absolute atomic E-state index is 12.1. The summed E-state index contributed by atoms with van der Waals surface area (Å²) in [4.78, 5) is 12.1. The summed E-state index contributed by atoms with van der Waals surface area (Å²) < 4.78 is 16.6. The molecule has 0 heterocycles. The first-order valence-corrected chi connectivity index (χ1v) is 14.3. The van der Waals surface area contributed by atoms with Crippen LogP contribution in [0.5, 0.6) is 5.75 Å². The molecule has 1 atom stereocenters. The molecule has 0 amide bonds. The van der Waals surface area contributed by atoms with Gasteiger partial charge in [-0.1, -0.05) is 102 Å². The van der Waals surface area contributed by atoms with E-state index >= 15 is 0 Å². The zero-order chi connectivity index (χ0) is 29.3. The van der Waals surface area contributed by atoms with Crippen molar-refractivity contribution < 1.29 is 19.0 Å². The monoisotopic (exact) mass is 542 g/mol. The average Bonchev–Trinajstić information content (AvgIpc) is 2.91. The van der Waals surface area contributed by atoms with Gasteiger partial charge in [0.1, 0.15) is 12.4 Å². The molecule has 0 saturated heterocycles. The van der Waals surface area contributed by atoms with Gasteiger partial charge < -0.3 is 14.2 Å². The molecule has 214 valence electrons. The Morgan fingerprint density at radius 2 is 1.38 bits per heavy atom. The van der Waals surface area contributed by atoms with Crippen LogP contribution in [-0.2, 0) is 31.5 Å². The van der Waals surface area contributed by atoms with Crippen LogP contribution in [-0.4, -0.2) is 31.9 Å². The van der Waals surface area contributed by atoms with E-state index in [9.17, 15) is 4.79 Å². The Morgan fingerprint density at radius 1 is 0.775 bits per heavy atom. The highest BCUT2D eigenvalue weighted by Gasteiger charge is 2.21. The number of hydrogen-bond donors (Lipinski definition) is 0. The van der Waals surface area contributed by atoms with E-state index < -0.39 is 6.10 Å². The Bertz CT molecular complexity index is 1220. The maximum Gasteiger partial charge on any atom is 0.335 e. The van der Waals surface area contributed by atoms with Gasteiger partial charge in [0.25, 0.3) is 0 Å². The average molecular weight is 543 g/mol. The molecule has 4 nitrogen and oxygen atoms in total. The Labute approximate surface area is 241 Å². The van der Waals surface area contributed by atoms with Crippen LogP contribution in [0, 0.1) is 0 Å². The minimum Gasteiger partial charge on any atom is -0.490 e. The van der Waals surface area contributed by atoms with Crippen LogP contribution in [0.25, 0.3) is 17.2 Å². The molecule has 1 unspecified atom stereocenters. The smallest absolute Gasteiger partial charge is 0.335 e. The van der Waals surface area contributed by atoms with E-state index in [0.717, 1.165) is 16.9 Å². The molecule has 0 aliphatic rings. The summed E-state index contributed by atoms with van der Waals surface area (Å²) in [5.41, 5.74) is 7.51. The van der Waals surface area contributed by atoms with Crippen LogP contribution in [0.2, 0.25) is 0 Å². The molecule has 0 bridgehead atoms. The highest BCUT2D eigenvalue weighted by molar-refractivity contribution is 5.75. The third-order valence-corrected chi connectivity index (χ3v) is 6.83. The van der Waals surface area contributed by atoms with Crippen molar-refractivity contribution in [1.29, 1.82) is 0 Å². The van der Waals surface area contributed by atoms with Crippen molar-refractivity contribution in [1.82, 2.24) is 0 Å². The molecule has 40 heavy (non-hydrogen) atoms. The van der Waals surface area contributed by atoms with Crippen LogP contribution < -0.4 is 4.74 Å². The van der Waals surface area contributed by atoms with E-state index in [1.807, 2.05) is 37.3 Å². The predicted octanol–water partition coefficient (Wildman–Crippen LogP) is 8.55. The fourth-order valence-corrected chi connectivity index (χ4v) is 4.36. The number of ether oxygens (including phenoxy) is 3. The Kier molecular flexibility index (Phi) is 10.8. The maximum atomic E-state index is 12.1. The molecule has 0 fully saturated rings. The second-order valence-electron chi connectivity index (χ2n) is 12.2. The number of benzene rings is 3. The second-order valence-corrected chi connectivity index (χ2v) is 12.2. The number of rotatable bonds is 11. The molecule has 0 aliphatic heterocycles. The first-order valence-electron chi connectivity index (χ1n) is 14.3. The topological polar surface area (TPSA) is 44.8 Å². The summed E-state index contributed by atoms with van der Waals surface area (Å²) in [5.74, 6) is 0.456. The quantitative estimate of drug-likeness (QED) is 0.228. The molecule has 0 aliphatic carbocycles. The van der Waals surface area contributed by atoms with Crippen molar-refractivity contribution in [2.45, 2.75) is 78.7 Å². The van der Waals surface area contributed by atoms with Gasteiger partial charge >= 0.3 is 5.97 Å². The van der Waals surface area contributed by atoms with Gasteiger partial charge in [0, 0.05) is 13.0 Å². The number of esters is 1. The number of carbonyl (C=O) groups excluding carboxylic acids is 1. The van der Waals surface area contributed by atoms with Crippen LogP contribution in [0.1, 0.15) is 77.6 Å². The van der Waals surface area contributed by atoms with Gasteiger partial charge in [-0.25, -0.2) is 4.79 Å². The summed E-state index contributed by atoms with van der Waals surface area (Å²) >= 11 is 0. The van der Waals surface area contributed by atoms with E-state index in [0.29, 0.717) is 26.2 Å². The molecule has 0 saturated carbocycles. The first kappa shape index (κ1) is 31.2. The molecule has 0 N–H and O–H groups in total. The highest BCUT2D eigenvalue weighted by atomic mass is 16.6. The fraction of sp³-hybridized carbons (Fsp3) is 0.417. The van der Waals surface area contributed by atoms with Gasteiger partial charge in [0.15, 0.2) is 6.10 Å². The van der Waals surface area contributed by atoms with Crippen LogP contribution in [0.15, 0.2) is 72.8 Å². The molecule has 0 radical (unpaired) electrons. The normalized spacial score (nSPS) is 12.9. The number of carbonyl (C=O) groups is 1. The lowest BCUT2D eigenvalue weighted by Crippen LogP contribution is -2.28. The van der Waals surface area contributed by atoms with E-state index in [1.165, 1.54) is 22.3 Å². The van der Waals surface area contributed by atoms with Gasteiger partial charge in [0.2, 0.25) is 0 Å². The lowest BCUT2D eigenvalue weighted by atomic mass is 9.79. The Balaban J connectivity index is 1.60. The predicted molar refractivity (Wildman–Crippen MR) is 166 cm³/mol. The Morgan fingerprint density at radius 3 is 1.90 bits per heavy atom. The molecule has 3 aromatic rings. The summed E-state index contributed by atoms with van der Waals surface area (Å²) in [6.07, 6.45) is 3.98. The zero-order valence-electron chi connectivity index (χ0n) is 25.5. The van der Waals surface area contributed by atoms with Crippen LogP contribution >= 0.6 is 0 Å². The lowest BCUT2D eigenvalue weighted by molar-refractivity contribution is -0.156. The highest BCUT2D eigenvalue weighted by Crippen LogP contribution is 2.34. The molecular formula is C36H46O4. The molecule has 3 rings (SSSR count). The SMILES string of the molecule is CCOC(=O)C(Cc1ccc(OC/C=C/c2ccc(-c3cc(C(C)(C)C)cc(C(C)(C)C)c3)cc2)cc1)OCC. The van der Waals surface area contributed by atoms with Crippen molar-refractivity contribution in [3.63, 3.8) is 0 Å². The Hall–Kier alpha value is -3.37. The molecule has 0 aromatic heterocycles. The molecular weight excluding hydrogens is 496 g/mol. The van der Waals surface area contributed by atoms with Crippen LogP contribution in [0.3, 0.4) is 0 Å². The van der Waals surface area contributed by atoms with E-state index in [-0.39, 0.29) is 16.8 Å². The van der Waals surface area contributed by atoms with Gasteiger partial charge in [-0.3, -0.25) is 0 Å². The van der Waals surface area contributed by atoms with Crippen molar-refractivity contribution in [3.8, 4) is 16.9 Å². The van der Waals surface area contributed by atoms with Crippen molar-refractivity contribution >= 4 is 12.0 Å². The van der Waals surface area contributed by atoms with E-state index in [2.05, 4.69) is 90.1 Å². The summed E-state index contributed by atoms with van der Waals surface area (Å²) in [6, 6.07) is 23.5. The summed E-state index contributed by atoms with van der Waals surface area (Å²) in [6.45, 7) is 18.6. The van der Waals surface area contributed by atoms with Gasteiger partial charge in [-0.05, 0) is 76.3 Å². The standard InChI is InChI=1S/C36H46O4/c1-9-38-33(34(37)39-10-2)22-27-15-19-32(20-16-27)40-21-11-12-26-13-17-28(18-14-26)29-23-30(35(3,4)5)25-31(24-29)36(6,7)8/h11-20,23-25,33H,9-10,21-22H2,1-8H3/b12-11+. The molecule has 3 aromatic carbocycles. The summed E-state index contributed by atoms with van der Waals surface area (Å²) in [7, 11) is 0. The third-order valence-electron chi connectivity index (χ3n) is 6.83. The van der Waals surface area contributed by atoms with Crippen molar-refractivity contribution in [3.05, 3.63) is 95.1 Å². The van der Waals surface area contributed by atoms with E-state index in [1.54, 1.807) is 6.92 Å². The summed E-state index contributed by atoms with van der Waals surface area (Å²) in [5, 5.41) is 0. The van der Waals surface area contributed by atoms with E-state index in [4.69, 9.17) is 14.2 Å². The zero-order valence-corrected chi connectivity index (χ0v) is 25.5. The van der Waals surface area contributed by atoms with Gasteiger partial charge in [0.05, 0.1) is 6.61 Å². The number of hydrogen-bond acceptors (Lipinski definition) is 4. The van der Waals surface area contributed by atoms with Crippen LogP contribution in [0.4, 0.5) is 0 Å². The minimum atomic E-state index is -0.589. The van der Waals surface area contributed by atoms with Gasteiger partial charge in [-0.2, -0.15) is 0 Å². The largest absolute Gasteiger partial charge is 0.490 e. The van der Waals surface area contributed by atoms with Gasteiger partial charge in [-0.15, -0.1) is 0 Å². The first-order chi connectivity index (χ1) is 18.9. The minimum absolute atomic E-state index is 0.0908. The van der Waals surface area contributed by atoms with Crippen molar-refractivity contribution in [2.75, 3.05) is 19.8 Å². The second kappa shape index (κ2) is 13.8. The fourth-order valence-electron chi connectivity index (χ4n) is 4.36.